The van der Waals surface area contributed by atoms with Gasteiger partial charge in [0.2, 0.25) is 0 Å². The summed E-state index contributed by atoms with van der Waals surface area (Å²) in [5, 5.41) is -1.01. The summed E-state index contributed by atoms with van der Waals surface area (Å²) in [5.74, 6) is -0.465. The lowest BCUT2D eigenvalue weighted by molar-refractivity contribution is -0.137. The fourth-order valence-electron chi connectivity index (χ4n) is 1.25. The number of hydrogen-bond donors (Lipinski definition) is 0. The largest absolute Gasteiger partial charge is 0.416 e. The topological polar surface area (TPSA) is 17.1 Å². The lowest BCUT2D eigenvalue weighted by atomic mass is 10.0. The monoisotopic (exact) mass is 284 g/mol. The van der Waals surface area contributed by atoms with Gasteiger partial charge in [0, 0.05) is 5.56 Å². The average Bonchev–Trinajstić information content (AvgIpc) is 2.25. The van der Waals surface area contributed by atoms with Crippen molar-refractivity contribution in [3.8, 4) is 0 Å². The molecule has 1 aromatic rings. The van der Waals surface area contributed by atoms with Gasteiger partial charge in [0.15, 0.2) is 5.78 Å². The van der Waals surface area contributed by atoms with Crippen LogP contribution in [0.2, 0.25) is 5.02 Å². The van der Waals surface area contributed by atoms with Gasteiger partial charge in [-0.05, 0) is 24.6 Å². The highest BCUT2D eigenvalue weighted by Gasteiger charge is 2.31. The Morgan fingerprint density at radius 3 is 2.41 bits per heavy atom. The SMILES string of the molecule is CCC(Cl)C(=O)c1ccc(C(F)(F)F)cc1Cl. The molecule has 0 saturated heterocycles. The number of halogens is 5. The Labute approximate surface area is 107 Å². The van der Waals surface area contributed by atoms with Crippen molar-refractivity contribution in [1.82, 2.24) is 0 Å². The smallest absolute Gasteiger partial charge is 0.292 e. The van der Waals surface area contributed by atoms with Crippen LogP contribution >= 0.6 is 23.2 Å². The van der Waals surface area contributed by atoms with Crippen molar-refractivity contribution in [3.63, 3.8) is 0 Å². The first kappa shape index (κ1) is 14.3. The Hall–Kier alpha value is -0.740. The Morgan fingerprint density at radius 2 is 2.00 bits per heavy atom. The normalized spacial score (nSPS) is 13.5. The van der Waals surface area contributed by atoms with E-state index in [1.54, 1.807) is 6.92 Å². The minimum Gasteiger partial charge on any atom is -0.292 e. The first-order chi connectivity index (χ1) is 7.77. The molecule has 1 nitrogen and oxygen atoms in total. The van der Waals surface area contributed by atoms with Crippen molar-refractivity contribution in [2.75, 3.05) is 0 Å². The van der Waals surface area contributed by atoms with Gasteiger partial charge in [-0.3, -0.25) is 4.79 Å². The third-order valence-electron chi connectivity index (χ3n) is 2.20. The van der Waals surface area contributed by atoms with E-state index < -0.39 is 22.9 Å². The van der Waals surface area contributed by atoms with E-state index in [0.717, 1.165) is 18.2 Å². The van der Waals surface area contributed by atoms with Gasteiger partial charge in [0.1, 0.15) is 0 Å². The second-order valence-corrected chi connectivity index (χ2v) is 4.37. The molecule has 1 unspecified atom stereocenters. The molecule has 1 aromatic carbocycles. The fraction of sp³-hybridized carbons (Fsp3) is 0.364. The molecule has 17 heavy (non-hydrogen) atoms. The lowest BCUT2D eigenvalue weighted by Gasteiger charge is -2.11. The second kappa shape index (κ2) is 5.27. The molecule has 94 valence electrons. The van der Waals surface area contributed by atoms with Crippen LogP contribution in [0.1, 0.15) is 29.3 Å². The number of carbonyl (C=O) groups excluding carboxylic acids is 1. The van der Waals surface area contributed by atoms with Crippen LogP contribution in [0.25, 0.3) is 0 Å². The lowest BCUT2D eigenvalue weighted by Crippen LogP contribution is -2.15. The summed E-state index contributed by atoms with van der Waals surface area (Å²) in [5.41, 5.74) is -0.872. The summed E-state index contributed by atoms with van der Waals surface area (Å²) in [6.45, 7) is 1.70. The number of benzene rings is 1. The van der Waals surface area contributed by atoms with Crippen molar-refractivity contribution >= 4 is 29.0 Å². The molecule has 1 atom stereocenters. The molecule has 0 N–H and O–H groups in total. The molecule has 0 saturated carbocycles. The summed E-state index contributed by atoms with van der Waals surface area (Å²) in [7, 11) is 0. The van der Waals surface area contributed by atoms with E-state index in [4.69, 9.17) is 23.2 Å². The fourth-order valence-corrected chi connectivity index (χ4v) is 1.64. The molecule has 0 fully saturated rings. The zero-order valence-corrected chi connectivity index (χ0v) is 10.3. The highest BCUT2D eigenvalue weighted by atomic mass is 35.5. The quantitative estimate of drug-likeness (QED) is 0.587. The predicted molar refractivity (Wildman–Crippen MR) is 60.7 cm³/mol. The zero-order chi connectivity index (χ0) is 13.2. The number of carbonyl (C=O) groups is 1. The number of hydrogen-bond acceptors (Lipinski definition) is 1. The van der Waals surface area contributed by atoms with Crippen LogP contribution in [0.5, 0.6) is 0 Å². The second-order valence-electron chi connectivity index (χ2n) is 3.43. The first-order valence-corrected chi connectivity index (χ1v) is 5.63. The van der Waals surface area contributed by atoms with E-state index in [0.29, 0.717) is 6.42 Å². The number of ketones is 1. The summed E-state index contributed by atoms with van der Waals surface area (Å²) < 4.78 is 37.1. The van der Waals surface area contributed by atoms with Crippen molar-refractivity contribution in [2.24, 2.45) is 0 Å². The van der Waals surface area contributed by atoms with E-state index in [2.05, 4.69) is 0 Å². The minimum atomic E-state index is -4.48. The Morgan fingerprint density at radius 1 is 1.41 bits per heavy atom. The van der Waals surface area contributed by atoms with Crippen LogP contribution in [-0.4, -0.2) is 11.2 Å². The summed E-state index contributed by atoms with van der Waals surface area (Å²) in [4.78, 5) is 11.7. The Balaban J connectivity index is 3.11. The van der Waals surface area contributed by atoms with Crippen LogP contribution in [0.15, 0.2) is 18.2 Å². The highest BCUT2D eigenvalue weighted by molar-refractivity contribution is 6.38. The maximum absolute atomic E-state index is 12.4. The van der Waals surface area contributed by atoms with Crippen LogP contribution in [0, 0.1) is 0 Å². The Bertz CT molecular complexity index is 429. The standard InChI is InChI=1S/C11H9Cl2F3O/c1-2-8(12)10(17)7-4-3-6(5-9(7)13)11(14,15)16/h3-5,8H,2H2,1H3. The van der Waals surface area contributed by atoms with Gasteiger partial charge < -0.3 is 0 Å². The third-order valence-corrected chi connectivity index (χ3v) is 3.02. The molecule has 6 heteroatoms. The summed E-state index contributed by atoms with van der Waals surface area (Å²) >= 11 is 11.4. The molecule has 0 amide bonds. The molecule has 0 aliphatic heterocycles. The number of rotatable bonds is 3. The number of Topliss-reactive ketones (excluding diaryl/α,β-unsaturated/α-hetero) is 1. The summed E-state index contributed by atoms with van der Waals surface area (Å²) in [6.07, 6.45) is -4.09. The van der Waals surface area contributed by atoms with E-state index in [1.165, 1.54) is 0 Å². The van der Waals surface area contributed by atoms with Crippen molar-refractivity contribution in [1.29, 1.82) is 0 Å². The number of alkyl halides is 4. The van der Waals surface area contributed by atoms with Gasteiger partial charge in [-0.1, -0.05) is 18.5 Å². The van der Waals surface area contributed by atoms with Crippen LogP contribution in [0.3, 0.4) is 0 Å². The maximum Gasteiger partial charge on any atom is 0.416 e. The predicted octanol–water partition coefficient (Wildman–Crippen LogP) is 4.56. The van der Waals surface area contributed by atoms with Crippen LogP contribution in [-0.2, 0) is 6.18 Å². The minimum absolute atomic E-state index is 0.0153. The van der Waals surface area contributed by atoms with Gasteiger partial charge in [-0.25, -0.2) is 0 Å². The van der Waals surface area contributed by atoms with Crippen LogP contribution in [0.4, 0.5) is 13.2 Å². The van der Waals surface area contributed by atoms with E-state index in [9.17, 15) is 18.0 Å². The third kappa shape index (κ3) is 3.36. The average molecular weight is 285 g/mol. The van der Waals surface area contributed by atoms with Crippen LogP contribution < -0.4 is 0 Å². The molecule has 0 bridgehead atoms. The van der Waals surface area contributed by atoms with E-state index in [-0.39, 0.29) is 10.6 Å². The van der Waals surface area contributed by atoms with Gasteiger partial charge in [0.05, 0.1) is 16.0 Å². The molecule has 0 aromatic heterocycles. The molecule has 1 rings (SSSR count). The Kier molecular flexibility index (Phi) is 4.44. The highest BCUT2D eigenvalue weighted by Crippen LogP contribution is 2.32. The van der Waals surface area contributed by atoms with E-state index in [1.807, 2.05) is 0 Å². The van der Waals surface area contributed by atoms with Crippen molar-refractivity contribution in [2.45, 2.75) is 24.9 Å². The molecule has 0 heterocycles. The molecular formula is C11H9Cl2F3O. The first-order valence-electron chi connectivity index (χ1n) is 4.82. The van der Waals surface area contributed by atoms with Crippen molar-refractivity contribution < 1.29 is 18.0 Å². The van der Waals surface area contributed by atoms with Gasteiger partial charge >= 0.3 is 6.18 Å². The van der Waals surface area contributed by atoms with Gasteiger partial charge in [-0.15, -0.1) is 11.6 Å². The molecule has 0 spiro atoms. The maximum atomic E-state index is 12.4. The molecule has 0 radical (unpaired) electrons. The molecule has 0 aliphatic carbocycles. The summed E-state index contributed by atoms with van der Waals surface area (Å²) in [6, 6.07) is 2.60. The molecule has 0 aliphatic rings. The molecular weight excluding hydrogens is 276 g/mol. The van der Waals surface area contributed by atoms with Gasteiger partial charge in [0.25, 0.3) is 0 Å². The van der Waals surface area contributed by atoms with Gasteiger partial charge in [-0.2, -0.15) is 13.2 Å². The van der Waals surface area contributed by atoms with Crippen molar-refractivity contribution in [3.05, 3.63) is 34.3 Å². The van der Waals surface area contributed by atoms with E-state index >= 15 is 0 Å². The zero-order valence-electron chi connectivity index (χ0n) is 8.81.